The Morgan fingerprint density at radius 2 is 2.00 bits per heavy atom. The number of nitrogens with one attached hydrogen (secondary N) is 1. The van der Waals surface area contributed by atoms with Crippen LogP contribution in [0.2, 0.25) is 0 Å². The number of pyridine rings is 1. The molecule has 0 atom stereocenters. The third-order valence-electron chi connectivity index (χ3n) is 5.42. The fraction of sp³-hybridized carbons (Fsp3) is 0.391. The Bertz CT molecular complexity index is 1140. The molecule has 0 saturated carbocycles. The SMILES string of the molecule is CC(C)OC(=O)Cn1nnnc1N1CCC(NC(=O)c2ccc(-c3cccc(F)c3)nc2)CC1. The number of aromatic nitrogens is 5. The molecule has 0 radical (unpaired) electrons. The highest BCUT2D eigenvalue weighted by molar-refractivity contribution is 5.94. The lowest BCUT2D eigenvalue weighted by atomic mass is 10.0. The van der Waals surface area contributed by atoms with Crippen molar-refractivity contribution < 1.29 is 18.7 Å². The van der Waals surface area contributed by atoms with Crippen LogP contribution >= 0.6 is 0 Å². The Labute approximate surface area is 196 Å². The summed E-state index contributed by atoms with van der Waals surface area (Å²) in [5.41, 5.74) is 1.69. The Balaban J connectivity index is 1.30. The molecule has 3 heterocycles. The van der Waals surface area contributed by atoms with Gasteiger partial charge in [0.25, 0.3) is 5.91 Å². The Kier molecular flexibility index (Phi) is 7.09. The Morgan fingerprint density at radius 1 is 1.21 bits per heavy atom. The number of anilines is 1. The van der Waals surface area contributed by atoms with Crippen molar-refractivity contribution in [1.29, 1.82) is 0 Å². The summed E-state index contributed by atoms with van der Waals surface area (Å²) >= 11 is 0. The third-order valence-corrected chi connectivity index (χ3v) is 5.42. The number of benzene rings is 1. The molecule has 2 aromatic heterocycles. The summed E-state index contributed by atoms with van der Waals surface area (Å²) < 4.78 is 20.0. The highest BCUT2D eigenvalue weighted by atomic mass is 19.1. The number of rotatable bonds is 7. The van der Waals surface area contributed by atoms with Gasteiger partial charge in [-0.05, 0) is 61.4 Å². The van der Waals surface area contributed by atoms with Crippen LogP contribution in [0.1, 0.15) is 37.0 Å². The minimum atomic E-state index is -0.400. The van der Waals surface area contributed by atoms with Crippen LogP contribution in [-0.2, 0) is 16.1 Å². The molecule has 1 saturated heterocycles. The maximum absolute atomic E-state index is 13.4. The van der Waals surface area contributed by atoms with E-state index < -0.39 is 5.97 Å². The topological polar surface area (TPSA) is 115 Å². The molecule has 1 amide bonds. The predicted octanol–water partition coefficient (Wildman–Crippen LogP) is 2.22. The van der Waals surface area contributed by atoms with Crippen molar-refractivity contribution in [3.8, 4) is 11.3 Å². The number of amides is 1. The van der Waals surface area contributed by atoms with Crippen LogP contribution in [0, 0.1) is 5.82 Å². The normalized spacial score (nSPS) is 14.3. The van der Waals surface area contributed by atoms with E-state index in [2.05, 4.69) is 25.8 Å². The zero-order valence-electron chi connectivity index (χ0n) is 19.0. The largest absolute Gasteiger partial charge is 0.462 e. The summed E-state index contributed by atoms with van der Waals surface area (Å²) in [6, 6.07) is 9.54. The average molecular weight is 468 g/mol. The summed E-state index contributed by atoms with van der Waals surface area (Å²) in [6.07, 6.45) is 2.68. The molecule has 1 aliphatic heterocycles. The minimum Gasteiger partial charge on any atom is -0.462 e. The van der Waals surface area contributed by atoms with Crippen LogP contribution in [0.25, 0.3) is 11.3 Å². The predicted molar refractivity (Wildman–Crippen MR) is 121 cm³/mol. The number of carbonyl (C=O) groups is 2. The van der Waals surface area contributed by atoms with E-state index in [-0.39, 0.29) is 30.4 Å². The number of carbonyl (C=O) groups excluding carboxylic acids is 2. The van der Waals surface area contributed by atoms with Gasteiger partial charge in [-0.2, -0.15) is 0 Å². The molecule has 0 bridgehead atoms. The van der Waals surface area contributed by atoms with Gasteiger partial charge in [-0.15, -0.1) is 0 Å². The van der Waals surface area contributed by atoms with Crippen molar-refractivity contribution in [3.05, 3.63) is 54.0 Å². The zero-order valence-corrected chi connectivity index (χ0v) is 19.0. The Morgan fingerprint density at radius 3 is 2.68 bits per heavy atom. The molecule has 0 unspecified atom stereocenters. The van der Waals surface area contributed by atoms with Crippen molar-refractivity contribution in [2.75, 3.05) is 18.0 Å². The first-order chi connectivity index (χ1) is 16.4. The van der Waals surface area contributed by atoms with Crippen LogP contribution in [0.15, 0.2) is 42.6 Å². The quantitative estimate of drug-likeness (QED) is 0.526. The monoisotopic (exact) mass is 467 g/mol. The molecule has 4 rings (SSSR count). The number of nitrogens with zero attached hydrogens (tertiary/aromatic N) is 6. The van der Waals surface area contributed by atoms with Gasteiger partial charge in [-0.1, -0.05) is 17.2 Å². The summed E-state index contributed by atoms with van der Waals surface area (Å²) in [7, 11) is 0. The molecule has 0 aliphatic carbocycles. The minimum absolute atomic E-state index is 0.0121. The van der Waals surface area contributed by atoms with Crippen molar-refractivity contribution in [1.82, 2.24) is 30.5 Å². The summed E-state index contributed by atoms with van der Waals surface area (Å²) in [4.78, 5) is 30.9. The number of esters is 1. The standard InChI is InChI=1S/C23H26FN7O3/c1-15(2)34-21(32)14-31-23(27-28-29-31)30-10-8-19(9-11-30)26-22(33)17-6-7-20(25-13-17)16-4-3-5-18(24)12-16/h3-7,12-13,15,19H,8-11,14H2,1-2H3,(H,26,33). The summed E-state index contributed by atoms with van der Waals surface area (Å²) in [6.45, 7) is 4.76. The van der Waals surface area contributed by atoms with Gasteiger partial charge in [-0.25, -0.2) is 9.07 Å². The fourth-order valence-electron chi connectivity index (χ4n) is 3.79. The molecular formula is C23H26FN7O3. The molecule has 34 heavy (non-hydrogen) atoms. The van der Waals surface area contributed by atoms with Crippen LogP contribution in [0.3, 0.4) is 0 Å². The fourth-order valence-corrected chi connectivity index (χ4v) is 3.79. The number of halogens is 1. The van der Waals surface area contributed by atoms with Gasteiger partial charge in [0, 0.05) is 30.9 Å². The first kappa shape index (κ1) is 23.3. The third kappa shape index (κ3) is 5.72. The van der Waals surface area contributed by atoms with Gasteiger partial charge in [0.15, 0.2) is 0 Å². The molecule has 178 valence electrons. The maximum Gasteiger partial charge on any atom is 0.328 e. The van der Waals surface area contributed by atoms with Gasteiger partial charge in [0.2, 0.25) is 5.95 Å². The lowest BCUT2D eigenvalue weighted by molar-refractivity contribution is -0.148. The van der Waals surface area contributed by atoms with E-state index in [1.807, 2.05) is 4.90 Å². The number of tetrazole rings is 1. The van der Waals surface area contributed by atoms with Gasteiger partial charge in [0.05, 0.1) is 17.4 Å². The lowest BCUT2D eigenvalue weighted by Crippen LogP contribution is -2.45. The van der Waals surface area contributed by atoms with E-state index in [0.29, 0.717) is 48.7 Å². The molecule has 1 N–H and O–H groups in total. The van der Waals surface area contributed by atoms with Crippen molar-refractivity contribution in [2.45, 2.75) is 45.4 Å². The molecule has 11 heteroatoms. The van der Waals surface area contributed by atoms with Crippen LogP contribution in [0.5, 0.6) is 0 Å². The molecule has 0 spiro atoms. The highest BCUT2D eigenvalue weighted by Crippen LogP contribution is 2.19. The van der Waals surface area contributed by atoms with Crippen molar-refractivity contribution in [3.63, 3.8) is 0 Å². The number of piperidine rings is 1. The van der Waals surface area contributed by atoms with Crippen LogP contribution < -0.4 is 10.2 Å². The second-order valence-electron chi connectivity index (χ2n) is 8.35. The number of ether oxygens (including phenoxy) is 1. The van der Waals surface area contributed by atoms with Crippen LogP contribution in [-0.4, -0.2) is 62.3 Å². The van der Waals surface area contributed by atoms with E-state index in [0.717, 1.165) is 0 Å². The number of hydrogen-bond acceptors (Lipinski definition) is 8. The smallest absolute Gasteiger partial charge is 0.328 e. The molecule has 1 fully saturated rings. The van der Waals surface area contributed by atoms with Crippen molar-refractivity contribution >= 4 is 17.8 Å². The molecule has 1 aliphatic rings. The first-order valence-corrected chi connectivity index (χ1v) is 11.1. The Hall–Kier alpha value is -3.89. The molecular weight excluding hydrogens is 441 g/mol. The average Bonchev–Trinajstić information content (AvgIpc) is 3.27. The lowest BCUT2D eigenvalue weighted by Gasteiger charge is -2.32. The molecule has 3 aromatic rings. The van der Waals surface area contributed by atoms with Gasteiger partial charge in [0.1, 0.15) is 12.4 Å². The van der Waals surface area contributed by atoms with Gasteiger partial charge in [-0.3, -0.25) is 14.6 Å². The molecule has 10 nitrogen and oxygen atoms in total. The summed E-state index contributed by atoms with van der Waals surface area (Å²) in [5, 5.41) is 14.7. The number of hydrogen-bond donors (Lipinski definition) is 1. The van der Waals surface area contributed by atoms with E-state index in [9.17, 15) is 14.0 Å². The van der Waals surface area contributed by atoms with Crippen molar-refractivity contribution in [2.24, 2.45) is 0 Å². The first-order valence-electron chi connectivity index (χ1n) is 11.1. The maximum atomic E-state index is 13.4. The van der Waals surface area contributed by atoms with E-state index >= 15 is 0 Å². The van der Waals surface area contributed by atoms with E-state index in [1.54, 1.807) is 38.1 Å². The highest BCUT2D eigenvalue weighted by Gasteiger charge is 2.25. The second kappa shape index (κ2) is 10.4. The summed E-state index contributed by atoms with van der Waals surface area (Å²) in [5.74, 6) is -0.444. The second-order valence-corrected chi connectivity index (χ2v) is 8.35. The van der Waals surface area contributed by atoms with E-state index in [4.69, 9.17) is 4.74 Å². The van der Waals surface area contributed by atoms with Crippen LogP contribution in [0.4, 0.5) is 10.3 Å². The zero-order chi connectivity index (χ0) is 24.1. The molecule has 1 aromatic carbocycles. The van der Waals surface area contributed by atoms with Gasteiger partial charge < -0.3 is 15.0 Å². The van der Waals surface area contributed by atoms with E-state index in [1.165, 1.54) is 23.0 Å². The van der Waals surface area contributed by atoms with Gasteiger partial charge >= 0.3 is 5.97 Å².